The maximum Gasteiger partial charge on any atom is 0.271 e. The minimum Gasteiger partial charge on any atom is -0.507 e. The monoisotopic (exact) mass is 451 g/mol. The van der Waals surface area contributed by atoms with Crippen LogP contribution in [0, 0.1) is 0 Å². The Balaban J connectivity index is 1.27. The minimum atomic E-state index is -0.389. The summed E-state index contributed by atoms with van der Waals surface area (Å²) in [5, 5.41) is 15.8. The molecule has 0 bridgehead atoms. The molecule has 0 fully saturated rings. The van der Waals surface area contributed by atoms with E-state index in [1.165, 1.54) is 19.4 Å². The van der Waals surface area contributed by atoms with Crippen LogP contribution in [0.15, 0.2) is 84.0 Å². The molecule has 0 radical (unpaired) electrons. The summed E-state index contributed by atoms with van der Waals surface area (Å²) in [5.74, 6) is 0.179. The summed E-state index contributed by atoms with van der Waals surface area (Å²) < 4.78 is 5.12. The van der Waals surface area contributed by atoms with Crippen molar-refractivity contribution >= 4 is 34.5 Å². The van der Waals surface area contributed by atoms with Gasteiger partial charge in [-0.2, -0.15) is 5.10 Å². The number of rotatable bonds is 6. The number of benzene rings is 4. The maximum absolute atomic E-state index is 13.0. The number of hydrogen-bond acceptors (Lipinski definition) is 5. The highest BCUT2D eigenvalue weighted by atomic mass is 16.5. The lowest BCUT2D eigenvalue weighted by atomic mass is 10.1. The van der Waals surface area contributed by atoms with E-state index in [4.69, 9.17) is 4.74 Å². The molecule has 4 aromatic carbocycles. The van der Waals surface area contributed by atoms with Crippen LogP contribution >= 0.6 is 0 Å². The fourth-order valence-corrected chi connectivity index (χ4v) is 4.07. The first-order valence-electron chi connectivity index (χ1n) is 10.7. The third-order valence-electron chi connectivity index (χ3n) is 5.81. The minimum absolute atomic E-state index is 0.0243. The van der Waals surface area contributed by atoms with Crippen LogP contribution in [0.1, 0.15) is 31.8 Å². The Morgan fingerprint density at radius 1 is 1.06 bits per heavy atom. The quantitative estimate of drug-likeness (QED) is 0.334. The van der Waals surface area contributed by atoms with Gasteiger partial charge in [-0.1, -0.05) is 36.4 Å². The number of nitrogens with zero attached hydrogens (tertiary/aromatic N) is 2. The molecule has 0 aliphatic carbocycles. The van der Waals surface area contributed by atoms with Crippen LogP contribution in [-0.4, -0.2) is 30.2 Å². The molecule has 4 aromatic rings. The van der Waals surface area contributed by atoms with E-state index in [9.17, 15) is 14.7 Å². The Morgan fingerprint density at radius 2 is 1.82 bits per heavy atom. The van der Waals surface area contributed by atoms with Gasteiger partial charge in [-0.15, -0.1) is 0 Å². The molecule has 0 unspecified atom stereocenters. The van der Waals surface area contributed by atoms with E-state index < -0.39 is 0 Å². The number of amides is 2. The molecule has 2 amide bonds. The van der Waals surface area contributed by atoms with Crippen LogP contribution in [0.25, 0.3) is 10.8 Å². The van der Waals surface area contributed by atoms with E-state index in [-0.39, 0.29) is 17.6 Å². The number of carbonyl (C=O) groups excluding carboxylic acids is 2. The van der Waals surface area contributed by atoms with Crippen molar-refractivity contribution in [3.8, 4) is 11.5 Å². The van der Waals surface area contributed by atoms with Gasteiger partial charge in [0, 0.05) is 22.1 Å². The summed E-state index contributed by atoms with van der Waals surface area (Å²) in [5.41, 5.74) is 5.81. The van der Waals surface area contributed by atoms with E-state index in [0.29, 0.717) is 29.0 Å². The summed E-state index contributed by atoms with van der Waals surface area (Å²) in [6, 6.07) is 23.4. The van der Waals surface area contributed by atoms with Crippen LogP contribution in [0.5, 0.6) is 11.5 Å². The average molecular weight is 451 g/mol. The first-order chi connectivity index (χ1) is 16.5. The number of hydrogen-bond donors (Lipinski definition) is 2. The molecule has 0 aromatic heterocycles. The van der Waals surface area contributed by atoms with E-state index in [1.54, 1.807) is 29.2 Å². The van der Waals surface area contributed by atoms with Gasteiger partial charge in [-0.05, 0) is 53.4 Å². The summed E-state index contributed by atoms with van der Waals surface area (Å²) >= 11 is 0. The van der Waals surface area contributed by atoms with Crippen molar-refractivity contribution in [3.63, 3.8) is 0 Å². The molecule has 7 nitrogen and oxygen atoms in total. The third-order valence-corrected chi connectivity index (χ3v) is 5.81. The first kappa shape index (κ1) is 21.2. The summed E-state index contributed by atoms with van der Waals surface area (Å²) in [4.78, 5) is 27.2. The number of ether oxygens (including phenoxy) is 1. The highest BCUT2D eigenvalue weighted by molar-refractivity contribution is 6.24. The molecule has 0 saturated carbocycles. The second kappa shape index (κ2) is 8.71. The molecule has 1 aliphatic heterocycles. The Kier molecular flexibility index (Phi) is 5.43. The van der Waals surface area contributed by atoms with E-state index in [0.717, 1.165) is 22.0 Å². The molecular weight excluding hydrogens is 430 g/mol. The second-order valence-electron chi connectivity index (χ2n) is 7.89. The van der Waals surface area contributed by atoms with Gasteiger partial charge >= 0.3 is 0 Å². The van der Waals surface area contributed by atoms with Gasteiger partial charge in [0.15, 0.2) is 0 Å². The Labute approximate surface area is 195 Å². The van der Waals surface area contributed by atoms with Gasteiger partial charge < -0.3 is 14.7 Å². The Hall–Kier alpha value is -4.65. The summed E-state index contributed by atoms with van der Waals surface area (Å²) in [7, 11) is 1.53. The number of methoxy groups -OCH3 is 1. The largest absolute Gasteiger partial charge is 0.507 e. The molecule has 0 atom stereocenters. The highest BCUT2D eigenvalue weighted by Crippen LogP contribution is 2.38. The second-order valence-corrected chi connectivity index (χ2v) is 7.89. The van der Waals surface area contributed by atoms with E-state index in [2.05, 4.69) is 10.5 Å². The number of phenolic OH excluding ortho intramolecular Hbond substituents is 1. The smallest absolute Gasteiger partial charge is 0.271 e. The number of anilines is 1. The molecule has 1 aliphatic rings. The first-order valence-corrected chi connectivity index (χ1v) is 10.7. The van der Waals surface area contributed by atoms with Crippen molar-refractivity contribution < 1.29 is 19.4 Å². The van der Waals surface area contributed by atoms with Crippen LogP contribution in [0.2, 0.25) is 0 Å². The van der Waals surface area contributed by atoms with Crippen LogP contribution in [0.4, 0.5) is 5.69 Å². The molecular formula is C27H21N3O4. The van der Waals surface area contributed by atoms with E-state index >= 15 is 0 Å². The molecule has 168 valence electrons. The summed E-state index contributed by atoms with van der Waals surface area (Å²) in [6.07, 6.45) is 1.35. The van der Waals surface area contributed by atoms with Crippen molar-refractivity contribution in [1.82, 2.24) is 5.43 Å². The van der Waals surface area contributed by atoms with Crippen LogP contribution in [-0.2, 0) is 6.54 Å². The topological polar surface area (TPSA) is 91.2 Å². The van der Waals surface area contributed by atoms with Crippen LogP contribution in [0.3, 0.4) is 0 Å². The Morgan fingerprint density at radius 3 is 2.59 bits per heavy atom. The van der Waals surface area contributed by atoms with Gasteiger partial charge in [-0.3, -0.25) is 9.59 Å². The lowest BCUT2D eigenvalue weighted by Crippen LogP contribution is -2.26. The lowest BCUT2D eigenvalue weighted by molar-refractivity contribution is 0.0953. The molecule has 0 spiro atoms. The number of phenols is 1. The highest BCUT2D eigenvalue weighted by Gasteiger charge is 2.29. The van der Waals surface area contributed by atoms with Crippen molar-refractivity contribution in [2.75, 3.05) is 12.0 Å². The van der Waals surface area contributed by atoms with Gasteiger partial charge in [-0.25, -0.2) is 5.43 Å². The van der Waals surface area contributed by atoms with Gasteiger partial charge in [0.1, 0.15) is 11.5 Å². The van der Waals surface area contributed by atoms with Crippen LogP contribution < -0.4 is 15.1 Å². The predicted molar refractivity (Wildman–Crippen MR) is 131 cm³/mol. The van der Waals surface area contributed by atoms with Crippen molar-refractivity contribution in [2.24, 2.45) is 5.10 Å². The molecule has 0 saturated heterocycles. The van der Waals surface area contributed by atoms with Crippen molar-refractivity contribution in [2.45, 2.75) is 6.54 Å². The Bertz CT molecular complexity index is 1440. The SMILES string of the molecule is COc1ccc(O)c(C=NNC(=O)c2ccc(CN3C(=O)c4cccc5cccc3c45)cc2)c1. The third kappa shape index (κ3) is 3.84. The van der Waals surface area contributed by atoms with Crippen molar-refractivity contribution in [3.05, 3.63) is 101 Å². The summed E-state index contributed by atoms with van der Waals surface area (Å²) in [6.45, 7) is 0.405. The molecule has 7 heteroatoms. The zero-order valence-electron chi connectivity index (χ0n) is 18.4. The number of nitrogens with one attached hydrogen (secondary N) is 1. The standard InChI is InChI=1S/C27H21N3O4/c1-34-21-12-13-24(31)20(14-21)15-28-29-26(32)19-10-8-17(9-11-19)16-30-23-7-3-5-18-4-2-6-22(25(18)23)27(30)33/h2-15,31H,16H2,1H3,(H,29,32). The number of aromatic hydroxyl groups is 1. The maximum atomic E-state index is 13.0. The zero-order valence-corrected chi connectivity index (χ0v) is 18.4. The predicted octanol–water partition coefficient (Wildman–Crippen LogP) is 4.48. The molecule has 34 heavy (non-hydrogen) atoms. The van der Waals surface area contributed by atoms with Gasteiger partial charge in [0.2, 0.25) is 0 Å². The molecule has 5 rings (SSSR count). The lowest BCUT2D eigenvalue weighted by Gasteiger charge is -2.18. The molecule has 1 heterocycles. The van der Waals surface area contributed by atoms with Gasteiger partial charge in [0.05, 0.1) is 25.6 Å². The van der Waals surface area contributed by atoms with E-state index in [1.807, 2.05) is 48.5 Å². The molecule has 2 N–H and O–H groups in total. The van der Waals surface area contributed by atoms with Gasteiger partial charge in [0.25, 0.3) is 11.8 Å². The normalized spacial score (nSPS) is 12.5. The number of hydrazone groups is 1. The number of carbonyl (C=O) groups is 2. The van der Waals surface area contributed by atoms with Crippen molar-refractivity contribution in [1.29, 1.82) is 0 Å². The fourth-order valence-electron chi connectivity index (χ4n) is 4.07. The average Bonchev–Trinajstić information content (AvgIpc) is 3.13. The fraction of sp³-hybridized carbons (Fsp3) is 0.0741. The zero-order chi connectivity index (χ0) is 23.7.